The number of amidine groups is 1. The van der Waals surface area contributed by atoms with Crippen molar-refractivity contribution < 1.29 is 19.5 Å². The first-order chi connectivity index (χ1) is 7.11. The van der Waals surface area contributed by atoms with Crippen LogP contribution in [0, 0.1) is 0 Å². The van der Waals surface area contributed by atoms with Crippen LogP contribution in [0.1, 0.15) is 6.92 Å². The Bertz CT molecular complexity index is 220. The number of nitrogens with two attached hydrogens (primary N) is 1. The van der Waals surface area contributed by atoms with Crippen LogP contribution in [0.25, 0.3) is 0 Å². The fourth-order valence-electron chi connectivity index (χ4n) is 0.751. The smallest absolute Gasteiger partial charge is 0.246 e. The van der Waals surface area contributed by atoms with Gasteiger partial charge in [0.1, 0.15) is 6.61 Å². The molecule has 0 heterocycles. The van der Waals surface area contributed by atoms with Crippen LogP contribution in [-0.4, -0.2) is 49.9 Å². The van der Waals surface area contributed by atoms with Gasteiger partial charge in [0, 0.05) is 7.11 Å². The zero-order valence-corrected chi connectivity index (χ0v) is 8.90. The Morgan fingerprint density at radius 2 is 2.27 bits per heavy atom. The lowest BCUT2D eigenvalue weighted by atomic mass is 10.3. The molecule has 0 bridgehead atoms. The largest absolute Gasteiger partial charge is 0.409 e. The second-order valence-corrected chi connectivity index (χ2v) is 2.86. The van der Waals surface area contributed by atoms with E-state index in [1.807, 2.05) is 0 Å². The average Bonchev–Trinajstić information content (AvgIpc) is 2.23. The molecule has 0 radical (unpaired) electrons. The Kier molecular flexibility index (Phi) is 7.29. The number of amides is 1. The summed E-state index contributed by atoms with van der Waals surface area (Å²) in [5.74, 6) is -0.384. The molecule has 0 saturated carbocycles. The number of hydrogen-bond donors (Lipinski definition) is 3. The Balaban J connectivity index is 3.65. The first kappa shape index (κ1) is 13.7. The summed E-state index contributed by atoms with van der Waals surface area (Å²) in [7, 11) is 1.55. The molecule has 1 unspecified atom stereocenters. The normalized spacial score (nSPS) is 13.6. The number of oxime groups is 1. The van der Waals surface area contributed by atoms with Crippen LogP contribution >= 0.6 is 0 Å². The molecule has 0 aromatic heterocycles. The molecule has 0 aliphatic carbocycles. The van der Waals surface area contributed by atoms with Crippen molar-refractivity contribution in [3.63, 3.8) is 0 Å². The maximum atomic E-state index is 11.2. The minimum Gasteiger partial charge on any atom is -0.409 e. The van der Waals surface area contributed by atoms with Gasteiger partial charge in [-0.3, -0.25) is 4.79 Å². The average molecular weight is 219 g/mol. The SMILES string of the molecule is COCCOCC(=O)NC(C)C(N)=NO. The number of ether oxygens (including phenoxy) is 2. The number of methoxy groups -OCH3 is 1. The van der Waals surface area contributed by atoms with Crippen molar-refractivity contribution in [2.24, 2.45) is 10.9 Å². The van der Waals surface area contributed by atoms with Gasteiger partial charge in [0.2, 0.25) is 5.91 Å². The number of carbonyl (C=O) groups is 1. The van der Waals surface area contributed by atoms with Crippen LogP contribution in [0.4, 0.5) is 0 Å². The summed E-state index contributed by atoms with van der Waals surface area (Å²) in [6, 6.07) is -0.520. The third-order valence-corrected chi connectivity index (χ3v) is 1.60. The van der Waals surface area contributed by atoms with E-state index >= 15 is 0 Å². The van der Waals surface area contributed by atoms with Gasteiger partial charge in [0.25, 0.3) is 0 Å². The molecular formula is C8H17N3O4. The quantitative estimate of drug-likeness (QED) is 0.166. The van der Waals surface area contributed by atoms with Crippen LogP contribution < -0.4 is 11.1 Å². The number of nitrogens with zero attached hydrogens (tertiary/aromatic N) is 1. The molecule has 7 heteroatoms. The molecule has 0 aliphatic heterocycles. The van der Waals surface area contributed by atoms with E-state index in [4.69, 9.17) is 20.4 Å². The van der Waals surface area contributed by atoms with E-state index in [1.54, 1.807) is 14.0 Å². The van der Waals surface area contributed by atoms with E-state index in [-0.39, 0.29) is 18.3 Å². The van der Waals surface area contributed by atoms with Crippen molar-refractivity contribution in [1.29, 1.82) is 0 Å². The summed E-state index contributed by atoms with van der Waals surface area (Å²) >= 11 is 0. The van der Waals surface area contributed by atoms with Crippen LogP contribution in [0.15, 0.2) is 5.16 Å². The second-order valence-electron chi connectivity index (χ2n) is 2.86. The topological polar surface area (TPSA) is 106 Å². The fourth-order valence-corrected chi connectivity index (χ4v) is 0.751. The summed E-state index contributed by atoms with van der Waals surface area (Å²) in [6.07, 6.45) is 0. The van der Waals surface area contributed by atoms with E-state index in [1.165, 1.54) is 0 Å². The van der Waals surface area contributed by atoms with Crippen molar-refractivity contribution in [3.8, 4) is 0 Å². The standard InChI is InChI=1S/C8H17N3O4/c1-6(8(9)11-13)10-7(12)5-15-4-3-14-2/h6,13H,3-5H2,1-2H3,(H2,9,11)(H,10,12). The summed E-state index contributed by atoms with van der Waals surface area (Å²) in [4.78, 5) is 11.2. The Hall–Kier alpha value is -1.34. The molecule has 7 nitrogen and oxygen atoms in total. The molecule has 0 aliphatic rings. The molecule has 0 aromatic rings. The zero-order valence-electron chi connectivity index (χ0n) is 8.90. The molecule has 0 rings (SSSR count). The second kappa shape index (κ2) is 8.01. The molecule has 1 atom stereocenters. The minimum absolute atomic E-state index is 0.0553. The van der Waals surface area contributed by atoms with Gasteiger partial charge < -0.3 is 25.7 Å². The summed E-state index contributed by atoms with van der Waals surface area (Å²) in [5, 5.41) is 13.6. The fraction of sp³-hybridized carbons (Fsp3) is 0.750. The van der Waals surface area contributed by atoms with E-state index in [2.05, 4.69) is 10.5 Å². The third-order valence-electron chi connectivity index (χ3n) is 1.60. The first-order valence-electron chi connectivity index (χ1n) is 4.45. The highest BCUT2D eigenvalue weighted by Crippen LogP contribution is 1.83. The van der Waals surface area contributed by atoms with Crippen LogP contribution in [0.3, 0.4) is 0 Å². The van der Waals surface area contributed by atoms with Crippen molar-refractivity contribution in [3.05, 3.63) is 0 Å². The molecule has 0 aromatic carbocycles. The molecule has 0 spiro atoms. The lowest BCUT2D eigenvalue weighted by Crippen LogP contribution is -2.43. The Labute approximate surface area is 88.2 Å². The van der Waals surface area contributed by atoms with Crippen LogP contribution in [0.5, 0.6) is 0 Å². The van der Waals surface area contributed by atoms with Crippen LogP contribution in [0.2, 0.25) is 0 Å². The lowest BCUT2D eigenvalue weighted by molar-refractivity contribution is -0.126. The summed E-state index contributed by atoms with van der Waals surface area (Å²) in [5.41, 5.74) is 5.27. The van der Waals surface area contributed by atoms with Crippen LogP contribution in [-0.2, 0) is 14.3 Å². The van der Waals surface area contributed by atoms with Gasteiger partial charge in [-0.25, -0.2) is 0 Å². The van der Waals surface area contributed by atoms with E-state index in [0.717, 1.165) is 0 Å². The zero-order chi connectivity index (χ0) is 11.7. The highest BCUT2D eigenvalue weighted by Gasteiger charge is 2.10. The minimum atomic E-state index is -0.520. The van der Waals surface area contributed by atoms with Crippen molar-refractivity contribution in [1.82, 2.24) is 5.32 Å². The Morgan fingerprint density at radius 3 is 2.80 bits per heavy atom. The number of rotatable bonds is 7. The van der Waals surface area contributed by atoms with E-state index < -0.39 is 6.04 Å². The van der Waals surface area contributed by atoms with Crippen molar-refractivity contribution in [2.75, 3.05) is 26.9 Å². The molecule has 1 amide bonds. The molecule has 15 heavy (non-hydrogen) atoms. The monoisotopic (exact) mass is 219 g/mol. The molecule has 4 N–H and O–H groups in total. The number of hydrogen-bond acceptors (Lipinski definition) is 5. The van der Waals surface area contributed by atoms with E-state index in [0.29, 0.717) is 13.2 Å². The molecule has 0 saturated heterocycles. The van der Waals surface area contributed by atoms with Gasteiger partial charge in [-0.2, -0.15) is 0 Å². The van der Waals surface area contributed by atoms with Gasteiger partial charge in [0.15, 0.2) is 5.84 Å². The summed E-state index contributed by atoms with van der Waals surface area (Å²) in [6.45, 7) is 2.31. The number of nitrogens with one attached hydrogen (secondary N) is 1. The van der Waals surface area contributed by atoms with Crippen molar-refractivity contribution in [2.45, 2.75) is 13.0 Å². The first-order valence-corrected chi connectivity index (χ1v) is 4.45. The lowest BCUT2D eigenvalue weighted by Gasteiger charge is -2.11. The third kappa shape index (κ3) is 6.69. The van der Waals surface area contributed by atoms with Gasteiger partial charge in [-0.05, 0) is 6.92 Å². The van der Waals surface area contributed by atoms with Crippen molar-refractivity contribution >= 4 is 11.7 Å². The highest BCUT2D eigenvalue weighted by molar-refractivity contribution is 5.89. The van der Waals surface area contributed by atoms with Gasteiger partial charge >= 0.3 is 0 Å². The highest BCUT2D eigenvalue weighted by atomic mass is 16.5. The predicted molar refractivity (Wildman–Crippen MR) is 53.7 cm³/mol. The Morgan fingerprint density at radius 1 is 1.60 bits per heavy atom. The van der Waals surface area contributed by atoms with Gasteiger partial charge in [0.05, 0.1) is 19.3 Å². The maximum absolute atomic E-state index is 11.2. The van der Waals surface area contributed by atoms with Gasteiger partial charge in [-0.15, -0.1) is 0 Å². The maximum Gasteiger partial charge on any atom is 0.246 e. The number of carbonyl (C=O) groups excluding carboxylic acids is 1. The molecule has 0 fully saturated rings. The molecule has 88 valence electrons. The van der Waals surface area contributed by atoms with E-state index in [9.17, 15) is 4.79 Å². The van der Waals surface area contributed by atoms with Gasteiger partial charge in [-0.1, -0.05) is 5.16 Å². The predicted octanol–water partition coefficient (Wildman–Crippen LogP) is -1.10. The molecular weight excluding hydrogens is 202 g/mol. The summed E-state index contributed by atoms with van der Waals surface area (Å²) < 4.78 is 9.70.